The van der Waals surface area contributed by atoms with Gasteiger partial charge < -0.3 is 10.4 Å². The molecule has 0 bridgehead atoms. The highest BCUT2D eigenvalue weighted by molar-refractivity contribution is 5.95. The second kappa shape index (κ2) is 4.35. The van der Waals surface area contributed by atoms with E-state index in [1.807, 2.05) is 0 Å². The Labute approximate surface area is 94.3 Å². The summed E-state index contributed by atoms with van der Waals surface area (Å²) in [5.74, 6) is -0.988. The third-order valence-corrected chi connectivity index (χ3v) is 2.26. The number of carboxylic acids is 1. The molecule has 4 nitrogen and oxygen atoms in total. The molecule has 0 aliphatic carbocycles. The maximum atomic E-state index is 11.2. The highest BCUT2D eigenvalue weighted by Crippen LogP contribution is 2.17. The predicted octanol–water partition coefficient (Wildman–Crippen LogP) is 2.16. The van der Waals surface area contributed by atoms with E-state index in [1.165, 1.54) is 6.92 Å². The zero-order valence-corrected chi connectivity index (χ0v) is 9.57. The van der Waals surface area contributed by atoms with Gasteiger partial charge in [0.1, 0.15) is 5.54 Å². The Morgan fingerprint density at radius 2 is 1.94 bits per heavy atom. The van der Waals surface area contributed by atoms with Gasteiger partial charge in [-0.15, -0.1) is 0 Å². The molecule has 0 radical (unpaired) electrons. The van der Waals surface area contributed by atoms with Crippen LogP contribution in [0.15, 0.2) is 24.3 Å². The summed E-state index contributed by atoms with van der Waals surface area (Å²) in [5.41, 5.74) is 0.126. The first-order valence-electron chi connectivity index (χ1n) is 4.95. The molecular formula is C12H15NO3. The van der Waals surface area contributed by atoms with Crippen LogP contribution in [0.1, 0.15) is 31.1 Å². The second-order valence-electron chi connectivity index (χ2n) is 4.19. The molecule has 86 valence electrons. The summed E-state index contributed by atoms with van der Waals surface area (Å²) in [6.45, 7) is 4.60. The van der Waals surface area contributed by atoms with Gasteiger partial charge in [0.2, 0.25) is 0 Å². The summed E-state index contributed by atoms with van der Waals surface area (Å²) in [4.78, 5) is 22.1. The van der Waals surface area contributed by atoms with E-state index in [4.69, 9.17) is 5.11 Å². The van der Waals surface area contributed by atoms with Crippen molar-refractivity contribution in [2.75, 3.05) is 5.32 Å². The number of carbonyl (C=O) groups excluding carboxylic acids is 1. The lowest BCUT2D eigenvalue weighted by atomic mass is 10.0. The first kappa shape index (κ1) is 12.2. The second-order valence-corrected chi connectivity index (χ2v) is 4.19. The molecule has 0 saturated heterocycles. The number of carboxylic acid groups (broad SMARTS) is 1. The fraction of sp³-hybridized carbons (Fsp3) is 0.333. The van der Waals surface area contributed by atoms with Crippen molar-refractivity contribution in [3.63, 3.8) is 0 Å². The number of carbonyl (C=O) groups is 2. The molecule has 0 aliphatic rings. The predicted molar refractivity (Wildman–Crippen MR) is 61.8 cm³/mol. The van der Waals surface area contributed by atoms with Crippen LogP contribution in [-0.4, -0.2) is 22.4 Å². The summed E-state index contributed by atoms with van der Waals surface area (Å²) >= 11 is 0. The van der Waals surface area contributed by atoms with Gasteiger partial charge in [0.15, 0.2) is 5.78 Å². The quantitative estimate of drug-likeness (QED) is 0.764. The number of anilines is 1. The number of aliphatic carboxylic acids is 1. The number of hydrogen-bond donors (Lipinski definition) is 2. The van der Waals surface area contributed by atoms with Gasteiger partial charge in [-0.2, -0.15) is 0 Å². The Bertz CT molecular complexity index is 424. The molecule has 0 saturated carbocycles. The number of Topliss-reactive ketones (excluding diaryl/α,β-unsaturated/α-hetero) is 1. The van der Waals surface area contributed by atoms with Crippen molar-refractivity contribution in [1.82, 2.24) is 0 Å². The third-order valence-electron chi connectivity index (χ3n) is 2.26. The van der Waals surface area contributed by atoms with Crippen LogP contribution in [0, 0.1) is 0 Å². The molecule has 0 amide bonds. The molecule has 0 unspecified atom stereocenters. The normalized spacial score (nSPS) is 10.9. The zero-order chi connectivity index (χ0) is 12.3. The summed E-state index contributed by atoms with van der Waals surface area (Å²) < 4.78 is 0. The minimum Gasteiger partial charge on any atom is -0.480 e. The van der Waals surface area contributed by atoms with E-state index in [1.54, 1.807) is 38.1 Å². The zero-order valence-electron chi connectivity index (χ0n) is 9.57. The van der Waals surface area contributed by atoms with Gasteiger partial charge in [0.25, 0.3) is 0 Å². The molecule has 0 fully saturated rings. The Hall–Kier alpha value is -1.84. The third kappa shape index (κ3) is 2.82. The van der Waals surface area contributed by atoms with Gasteiger partial charge in [-0.1, -0.05) is 12.1 Å². The SMILES string of the molecule is CC(=O)c1cccc(NC(C)(C)C(=O)O)c1. The lowest BCUT2D eigenvalue weighted by molar-refractivity contribution is -0.141. The summed E-state index contributed by atoms with van der Waals surface area (Å²) in [5, 5.41) is 11.8. The average Bonchev–Trinajstić information content (AvgIpc) is 2.17. The van der Waals surface area contributed by atoms with Crippen molar-refractivity contribution >= 4 is 17.4 Å². The molecule has 4 heteroatoms. The molecule has 1 aromatic carbocycles. The lowest BCUT2D eigenvalue weighted by Gasteiger charge is -2.22. The van der Waals surface area contributed by atoms with E-state index in [9.17, 15) is 9.59 Å². The van der Waals surface area contributed by atoms with Crippen LogP contribution < -0.4 is 5.32 Å². The van der Waals surface area contributed by atoms with Gasteiger partial charge >= 0.3 is 5.97 Å². The number of ketones is 1. The molecule has 1 rings (SSSR count). The van der Waals surface area contributed by atoms with Crippen molar-refractivity contribution in [3.8, 4) is 0 Å². The van der Waals surface area contributed by atoms with Crippen LogP contribution in [0.3, 0.4) is 0 Å². The van der Waals surface area contributed by atoms with Crippen molar-refractivity contribution in [1.29, 1.82) is 0 Å². The Balaban J connectivity index is 2.94. The smallest absolute Gasteiger partial charge is 0.328 e. The molecule has 16 heavy (non-hydrogen) atoms. The van der Waals surface area contributed by atoms with Crippen molar-refractivity contribution in [3.05, 3.63) is 29.8 Å². The van der Waals surface area contributed by atoms with E-state index >= 15 is 0 Å². The molecular weight excluding hydrogens is 206 g/mol. The minimum atomic E-state index is -1.06. The van der Waals surface area contributed by atoms with Crippen molar-refractivity contribution in [2.45, 2.75) is 26.3 Å². The topological polar surface area (TPSA) is 66.4 Å². The number of rotatable bonds is 4. The number of benzene rings is 1. The molecule has 2 N–H and O–H groups in total. The van der Waals surface area contributed by atoms with Gasteiger partial charge in [-0.05, 0) is 32.9 Å². The highest BCUT2D eigenvalue weighted by atomic mass is 16.4. The van der Waals surface area contributed by atoms with Crippen LogP contribution in [-0.2, 0) is 4.79 Å². The van der Waals surface area contributed by atoms with Gasteiger partial charge in [-0.3, -0.25) is 4.79 Å². The van der Waals surface area contributed by atoms with Gasteiger partial charge in [0, 0.05) is 11.3 Å². The van der Waals surface area contributed by atoms with E-state index in [0.717, 1.165) is 0 Å². The number of hydrogen-bond acceptors (Lipinski definition) is 3. The fourth-order valence-corrected chi connectivity index (χ4v) is 1.23. The maximum Gasteiger partial charge on any atom is 0.328 e. The van der Waals surface area contributed by atoms with Crippen LogP contribution in [0.5, 0.6) is 0 Å². The van der Waals surface area contributed by atoms with Crippen LogP contribution in [0.4, 0.5) is 5.69 Å². The molecule has 0 aromatic heterocycles. The van der Waals surface area contributed by atoms with E-state index in [2.05, 4.69) is 5.32 Å². The first-order valence-corrected chi connectivity index (χ1v) is 4.95. The first-order chi connectivity index (χ1) is 7.33. The van der Waals surface area contributed by atoms with Crippen molar-refractivity contribution in [2.24, 2.45) is 0 Å². The Morgan fingerprint density at radius 1 is 1.31 bits per heavy atom. The standard InChI is InChI=1S/C12H15NO3/c1-8(14)9-5-4-6-10(7-9)13-12(2,3)11(15)16/h4-7,13H,1-3H3,(H,15,16). The maximum absolute atomic E-state index is 11.2. The molecule has 1 aromatic rings. The molecule has 0 atom stereocenters. The van der Waals surface area contributed by atoms with Gasteiger partial charge in [-0.25, -0.2) is 4.79 Å². The van der Waals surface area contributed by atoms with E-state index in [-0.39, 0.29) is 5.78 Å². The lowest BCUT2D eigenvalue weighted by Crippen LogP contribution is -2.39. The summed E-state index contributed by atoms with van der Waals surface area (Å²) in [6.07, 6.45) is 0. The number of nitrogens with one attached hydrogen (secondary N) is 1. The largest absolute Gasteiger partial charge is 0.480 e. The summed E-state index contributed by atoms with van der Waals surface area (Å²) in [7, 11) is 0. The fourth-order valence-electron chi connectivity index (χ4n) is 1.23. The van der Waals surface area contributed by atoms with Crippen LogP contribution in [0.25, 0.3) is 0 Å². The van der Waals surface area contributed by atoms with Crippen LogP contribution >= 0.6 is 0 Å². The van der Waals surface area contributed by atoms with Crippen molar-refractivity contribution < 1.29 is 14.7 Å². The molecule has 0 aliphatic heterocycles. The van der Waals surface area contributed by atoms with E-state index < -0.39 is 11.5 Å². The van der Waals surface area contributed by atoms with Gasteiger partial charge in [0.05, 0.1) is 0 Å². The van der Waals surface area contributed by atoms with Crippen LogP contribution in [0.2, 0.25) is 0 Å². The summed E-state index contributed by atoms with van der Waals surface area (Å²) in [6, 6.07) is 6.79. The average molecular weight is 221 g/mol. The minimum absolute atomic E-state index is 0.0446. The highest BCUT2D eigenvalue weighted by Gasteiger charge is 2.26. The molecule has 0 heterocycles. The van der Waals surface area contributed by atoms with E-state index in [0.29, 0.717) is 11.3 Å². The Kier molecular flexibility index (Phi) is 3.32. The Morgan fingerprint density at radius 3 is 2.44 bits per heavy atom. The monoisotopic (exact) mass is 221 g/mol. The molecule has 0 spiro atoms.